The molecule has 1 atom stereocenters. The fraction of sp³-hybridized carbons (Fsp3) is 0.467. The van der Waals surface area contributed by atoms with E-state index in [1.165, 1.54) is 0 Å². The minimum absolute atomic E-state index is 0.0173. The molecule has 0 aliphatic heterocycles. The first-order valence-corrected chi connectivity index (χ1v) is 6.73. The summed E-state index contributed by atoms with van der Waals surface area (Å²) in [5.41, 5.74) is 1.43. The Labute approximate surface area is 118 Å². The van der Waals surface area contributed by atoms with Crippen molar-refractivity contribution in [2.75, 3.05) is 5.32 Å². The molecule has 0 spiro atoms. The van der Waals surface area contributed by atoms with E-state index >= 15 is 0 Å². The number of aliphatic carboxylic acids is 1. The number of aryl methyl sites for hydroxylation is 2. The Bertz CT molecular complexity index is 532. The number of rotatable bonds is 4. The summed E-state index contributed by atoms with van der Waals surface area (Å²) in [5, 5.41) is 14.7. The second-order valence-electron chi connectivity index (χ2n) is 5.63. The van der Waals surface area contributed by atoms with Crippen LogP contribution < -0.4 is 10.6 Å². The summed E-state index contributed by atoms with van der Waals surface area (Å²) in [6.07, 6.45) is 1.68. The first-order chi connectivity index (χ1) is 9.34. The molecule has 0 radical (unpaired) electrons. The van der Waals surface area contributed by atoms with Gasteiger partial charge in [0.05, 0.1) is 0 Å². The number of benzene rings is 1. The molecule has 5 heteroatoms. The summed E-state index contributed by atoms with van der Waals surface area (Å²) in [6, 6.07) is 5.25. The number of anilines is 1. The highest BCUT2D eigenvalue weighted by molar-refractivity contribution is 5.95. The number of para-hydroxylation sites is 1. The smallest absolute Gasteiger partial charge is 0.329 e. The van der Waals surface area contributed by atoms with Crippen molar-refractivity contribution in [1.82, 2.24) is 5.32 Å². The Balaban J connectivity index is 2.11. The minimum Gasteiger partial charge on any atom is -0.480 e. The fourth-order valence-electron chi connectivity index (χ4n) is 2.38. The third-order valence-electron chi connectivity index (χ3n) is 3.93. The van der Waals surface area contributed by atoms with Gasteiger partial charge in [-0.2, -0.15) is 0 Å². The van der Waals surface area contributed by atoms with Crippen molar-refractivity contribution in [1.29, 1.82) is 0 Å². The zero-order chi connectivity index (χ0) is 14.9. The number of hydrogen-bond donors (Lipinski definition) is 3. The average Bonchev–Trinajstić information content (AvgIpc) is 3.18. The van der Waals surface area contributed by atoms with Gasteiger partial charge in [0.2, 0.25) is 0 Å². The third-order valence-corrected chi connectivity index (χ3v) is 3.93. The lowest BCUT2D eigenvalue weighted by Crippen LogP contribution is -2.55. The Morgan fingerprint density at radius 2 is 1.80 bits per heavy atom. The molecule has 3 N–H and O–H groups in total. The second kappa shape index (κ2) is 5.15. The monoisotopic (exact) mass is 276 g/mol. The van der Waals surface area contributed by atoms with Gasteiger partial charge in [0.1, 0.15) is 5.54 Å². The predicted molar refractivity (Wildman–Crippen MR) is 76.8 cm³/mol. The molecule has 2 amide bonds. The molecule has 0 aromatic heterocycles. The van der Waals surface area contributed by atoms with E-state index in [0.717, 1.165) is 29.7 Å². The van der Waals surface area contributed by atoms with Crippen molar-refractivity contribution in [3.8, 4) is 0 Å². The van der Waals surface area contributed by atoms with E-state index in [0.29, 0.717) is 0 Å². The molecule has 1 aliphatic carbocycles. The van der Waals surface area contributed by atoms with Crippen LogP contribution in [0.4, 0.5) is 10.5 Å². The van der Waals surface area contributed by atoms with Gasteiger partial charge >= 0.3 is 12.0 Å². The molecule has 0 bridgehead atoms. The van der Waals surface area contributed by atoms with Crippen LogP contribution in [0.2, 0.25) is 0 Å². The van der Waals surface area contributed by atoms with Crippen LogP contribution in [-0.2, 0) is 4.79 Å². The average molecular weight is 276 g/mol. The molecule has 1 saturated carbocycles. The minimum atomic E-state index is -1.19. The topological polar surface area (TPSA) is 78.4 Å². The number of carboxylic acids is 1. The zero-order valence-corrected chi connectivity index (χ0v) is 12.0. The van der Waals surface area contributed by atoms with Crippen molar-refractivity contribution in [2.24, 2.45) is 5.92 Å². The molecule has 108 valence electrons. The van der Waals surface area contributed by atoms with E-state index in [-0.39, 0.29) is 5.92 Å². The van der Waals surface area contributed by atoms with Crippen LogP contribution in [0.3, 0.4) is 0 Å². The zero-order valence-electron chi connectivity index (χ0n) is 12.0. The third kappa shape index (κ3) is 2.76. The summed E-state index contributed by atoms with van der Waals surface area (Å²) in [7, 11) is 0. The molecule has 1 unspecified atom stereocenters. The lowest BCUT2D eigenvalue weighted by molar-refractivity contribution is -0.144. The molecule has 1 fully saturated rings. The Morgan fingerprint density at radius 1 is 1.25 bits per heavy atom. The molecule has 0 heterocycles. The van der Waals surface area contributed by atoms with Crippen molar-refractivity contribution in [2.45, 2.75) is 39.2 Å². The van der Waals surface area contributed by atoms with Gasteiger partial charge in [-0.25, -0.2) is 9.59 Å². The van der Waals surface area contributed by atoms with E-state index in [9.17, 15) is 14.7 Å². The van der Waals surface area contributed by atoms with Crippen LogP contribution >= 0.6 is 0 Å². The summed E-state index contributed by atoms with van der Waals surface area (Å²) >= 11 is 0. The Morgan fingerprint density at radius 3 is 2.25 bits per heavy atom. The van der Waals surface area contributed by atoms with Crippen LogP contribution in [0.1, 0.15) is 30.9 Å². The number of carboxylic acid groups (broad SMARTS) is 1. The van der Waals surface area contributed by atoms with E-state index in [2.05, 4.69) is 10.6 Å². The molecule has 5 nitrogen and oxygen atoms in total. The number of urea groups is 1. The Hall–Kier alpha value is -2.04. The van der Waals surface area contributed by atoms with Gasteiger partial charge in [0.15, 0.2) is 0 Å². The van der Waals surface area contributed by atoms with Gasteiger partial charge < -0.3 is 15.7 Å². The molecule has 1 aliphatic rings. The molecule has 1 aromatic carbocycles. The Kier molecular flexibility index (Phi) is 3.70. The van der Waals surface area contributed by atoms with Crippen LogP contribution in [0.5, 0.6) is 0 Å². The summed E-state index contributed by atoms with van der Waals surface area (Å²) < 4.78 is 0. The van der Waals surface area contributed by atoms with Crippen LogP contribution in [0.25, 0.3) is 0 Å². The lowest BCUT2D eigenvalue weighted by atomic mass is 9.96. The van der Waals surface area contributed by atoms with Crippen molar-refractivity contribution < 1.29 is 14.7 Å². The molecular weight excluding hydrogens is 256 g/mol. The molecule has 0 saturated heterocycles. The highest BCUT2D eigenvalue weighted by Crippen LogP contribution is 2.39. The fourth-order valence-corrected chi connectivity index (χ4v) is 2.38. The number of hydrogen-bond acceptors (Lipinski definition) is 2. The van der Waals surface area contributed by atoms with Gasteiger partial charge in [-0.1, -0.05) is 18.2 Å². The summed E-state index contributed by atoms with van der Waals surface area (Å²) in [5.74, 6) is -0.972. The number of amides is 2. The quantitative estimate of drug-likeness (QED) is 0.791. The largest absolute Gasteiger partial charge is 0.480 e. The molecular formula is C15H20N2O3. The van der Waals surface area contributed by atoms with Gasteiger partial charge in [0.25, 0.3) is 0 Å². The number of nitrogens with one attached hydrogen (secondary N) is 2. The normalized spacial score (nSPS) is 17.1. The van der Waals surface area contributed by atoms with E-state index in [1.807, 2.05) is 32.0 Å². The van der Waals surface area contributed by atoms with Gasteiger partial charge in [-0.05, 0) is 50.7 Å². The second-order valence-corrected chi connectivity index (χ2v) is 5.63. The maximum atomic E-state index is 12.1. The first kappa shape index (κ1) is 14.4. The SMILES string of the molecule is Cc1cccc(C)c1NC(=O)NC(C)(C(=O)O)C1CC1. The van der Waals surface area contributed by atoms with Gasteiger partial charge in [0, 0.05) is 5.69 Å². The van der Waals surface area contributed by atoms with E-state index in [1.54, 1.807) is 6.92 Å². The highest BCUT2D eigenvalue weighted by Gasteiger charge is 2.48. The molecule has 1 aromatic rings. The number of carbonyl (C=O) groups is 2. The van der Waals surface area contributed by atoms with Crippen molar-refractivity contribution in [3.05, 3.63) is 29.3 Å². The predicted octanol–water partition coefficient (Wildman–Crippen LogP) is 2.68. The van der Waals surface area contributed by atoms with Gasteiger partial charge in [-0.3, -0.25) is 0 Å². The standard InChI is InChI=1S/C15H20N2O3/c1-9-5-4-6-10(2)12(9)16-14(20)17-15(3,13(18)19)11-7-8-11/h4-6,11H,7-8H2,1-3H3,(H,18,19)(H2,16,17,20). The first-order valence-electron chi connectivity index (χ1n) is 6.73. The molecule has 2 rings (SSSR count). The maximum Gasteiger partial charge on any atom is 0.329 e. The van der Waals surface area contributed by atoms with Crippen LogP contribution in [-0.4, -0.2) is 22.6 Å². The van der Waals surface area contributed by atoms with E-state index in [4.69, 9.17) is 0 Å². The molecule has 20 heavy (non-hydrogen) atoms. The van der Waals surface area contributed by atoms with Gasteiger partial charge in [-0.15, -0.1) is 0 Å². The van der Waals surface area contributed by atoms with E-state index < -0.39 is 17.5 Å². The summed E-state index contributed by atoms with van der Waals surface area (Å²) in [6.45, 7) is 5.37. The number of carbonyl (C=O) groups excluding carboxylic acids is 1. The summed E-state index contributed by atoms with van der Waals surface area (Å²) in [4.78, 5) is 23.5. The maximum absolute atomic E-state index is 12.1. The van der Waals surface area contributed by atoms with Crippen LogP contribution in [0, 0.1) is 19.8 Å². The van der Waals surface area contributed by atoms with Crippen molar-refractivity contribution in [3.63, 3.8) is 0 Å². The highest BCUT2D eigenvalue weighted by atomic mass is 16.4. The van der Waals surface area contributed by atoms with Crippen molar-refractivity contribution >= 4 is 17.7 Å². The lowest BCUT2D eigenvalue weighted by Gasteiger charge is -2.26. The van der Waals surface area contributed by atoms with Crippen LogP contribution in [0.15, 0.2) is 18.2 Å².